The van der Waals surface area contributed by atoms with Gasteiger partial charge in [0.25, 0.3) is 0 Å². The molecule has 1 aliphatic heterocycles. The number of methoxy groups -OCH3 is 1. The Hall–Kier alpha value is -3.22. The topological polar surface area (TPSA) is 73.9 Å². The van der Waals surface area contributed by atoms with Crippen LogP contribution in [0.25, 0.3) is 0 Å². The Kier molecular flexibility index (Phi) is 6.37. The Labute approximate surface area is 165 Å². The van der Waals surface area contributed by atoms with E-state index in [1.54, 1.807) is 24.1 Å². The van der Waals surface area contributed by atoms with Gasteiger partial charge in [0, 0.05) is 37.6 Å². The third-order valence-corrected chi connectivity index (χ3v) is 4.59. The average Bonchev–Trinajstić information content (AvgIpc) is 2.71. The Morgan fingerprint density at radius 1 is 1.14 bits per heavy atom. The van der Waals surface area contributed by atoms with Crippen molar-refractivity contribution in [1.29, 1.82) is 0 Å². The summed E-state index contributed by atoms with van der Waals surface area (Å²) in [6, 6.07) is 14.8. The van der Waals surface area contributed by atoms with Gasteiger partial charge >= 0.3 is 12.1 Å². The van der Waals surface area contributed by atoms with Crippen molar-refractivity contribution in [3.05, 3.63) is 54.1 Å². The molecule has 0 spiro atoms. The van der Waals surface area contributed by atoms with E-state index in [0.29, 0.717) is 25.3 Å². The Morgan fingerprint density at radius 2 is 1.93 bits per heavy atom. The highest BCUT2D eigenvalue weighted by Crippen LogP contribution is 2.24. The summed E-state index contributed by atoms with van der Waals surface area (Å²) in [6.07, 6.45) is 0.897. The summed E-state index contributed by atoms with van der Waals surface area (Å²) in [7, 11) is 1.64. The number of ether oxygens (including phenoxy) is 1. The van der Waals surface area contributed by atoms with Gasteiger partial charge in [-0.1, -0.05) is 12.1 Å². The van der Waals surface area contributed by atoms with Crippen LogP contribution in [0.3, 0.4) is 0 Å². The van der Waals surface area contributed by atoms with E-state index in [2.05, 4.69) is 10.6 Å². The van der Waals surface area contributed by atoms with Gasteiger partial charge < -0.3 is 20.3 Å². The number of carbonyl (C=O) groups excluding carboxylic acids is 2. The molecule has 2 aromatic rings. The van der Waals surface area contributed by atoms with Crippen molar-refractivity contribution >= 4 is 23.4 Å². The molecule has 0 bridgehead atoms. The van der Waals surface area contributed by atoms with Gasteiger partial charge in [-0.3, -0.25) is 4.90 Å². The molecule has 2 aromatic carbocycles. The van der Waals surface area contributed by atoms with Gasteiger partial charge in [-0.05, 0) is 55.3 Å². The molecule has 0 aliphatic carbocycles. The standard InChI is InChI=1S/C21H26N4O3/c1-3-22-20(26)23-17-8-10-18(11-9-17)25-13-5-12-24(21(25)27)15-16-6-4-7-19(14-16)28-2/h4,6-11,14H,3,5,12-13,15H2,1-2H3,(H2,22,23,26). The minimum absolute atomic E-state index is 0.0153. The fourth-order valence-electron chi connectivity index (χ4n) is 3.22. The second-order valence-corrected chi connectivity index (χ2v) is 6.59. The molecule has 0 radical (unpaired) electrons. The van der Waals surface area contributed by atoms with E-state index in [9.17, 15) is 9.59 Å². The highest BCUT2D eigenvalue weighted by molar-refractivity contribution is 5.93. The van der Waals surface area contributed by atoms with Gasteiger partial charge in [-0.15, -0.1) is 0 Å². The first kappa shape index (κ1) is 19.5. The number of anilines is 2. The van der Waals surface area contributed by atoms with Crippen molar-refractivity contribution in [2.75, 3.05) is 37.0 Å². The summed E-state index contributed by atoms with van der Waals surface area (Å²) in [6.45, 7) is 4.38. The lowest BCUT2D eigenvalue weighted by atomic mass is 10.1. The molecule has 0 aromatic heterocycles. The largest absolute Gasteiger partial charge is 0.497 e. The van der Waals surface area contributed by atoms with Crippen LogP contribution < -0.4 is 20.3 Å². The van der Waals surface area contributed by atoms with Crippen molar-refractivity contribution in [3.63, 3.8) is 0 Å². The first-order valence-corrected chi connectivity index (χ1v) is 9.45. The second-order valence-electron chi connectivity index (χ2n) is 6.59. The molecule has 7 nitrogen and oxygen atoms in total. The molecule has 0 atom stereocenters. The Bertz CT molecular complexity index is 823. The van der Waals surface area contributed by atoms with Gasteiger partial charge in [0.1, 0.15) is 5.75 Å². The normalized spacial score (nSPS) is 14.0. The Morgan fingerprint density at radius 3 is 2.64 bits per heavy atom. The first-order valence-electron chi connectivity index (χ1n) is 9.45. The maximum Gasteiger partial charge on any atom is 0.324 e. The van der Waals surface area contributed by atoms with Crippen LogP contribution in [0.4, 0.5) is 21.0 Å². The zero-order valence-corrected chi connectivity index (χ0v) is 16.3. The summed E-state index contributed by atoms with van der Waals surface area (Å²) < 4.78 is 5.27. The van der Waals surface area contributed by atoms with Crippen LogP contribution in [0, 0.1) is 0 Å². The molecular formula is C21H26N4O3. The summed E-state index contributed by atoms with van der Waals surface area (Å²) in [5, 5.41) is 5.45. The SMILES string of the molecule is CCNC(=O)Nc1ccc(N2CCCN(Cc3cccc(OC)c3)C2=O)cc1. The second kappa shape index (κ2) is 9.12. The first-order chi connectivity index (χ1) is 13.6. The predicted molar refractivity (Wildman–Crippen MR) is 110 cm³/mol. The molecule has 1 fully saturated rings. The summed E-state index contributed by atoms with van der Waals surface area (Å²) >= 11 is 0. The number of amides is 4. The summed E-state index contributed by atoms with van der Waals surface area (Å²) in [5.74, 6) is 0.786. The van der Waals surface area contributed by atoms with E-state index in [-0.39, 0.29) is 12.1 Å². The third kappa shape index (κ3) is 4.73. The molecule has 2 N–H and O–H groups in total. The van der Waals surface area contributed by atoms with Crippen molar-refractivity contribution < 1.29 is 14.3 Å². The van der Waals surface area contributed by atoms with Gasteiger partial charge in [-0.25, -0.2) is 9.59 Å². The highest BCUT2D eigenvalue weighted by Gasteiger charge is 2.26. The maximum absolute atomic E-state index is 13.0. The van der Waals surface area contributed by atoms with Crippen molar-refractivity contribution in [2.45, 2.75) is 19.9 Å². The van der Waals surface area contributed by atoms with Crippen molar-refractivity contribution in [3.8, 4) is 5.75 Å². The van der Waals surface area contributed by atoms with Crippen LogP contribution in [-0.2, 0) is 6.54 Å². The van der Waals surface area contributed by atoms with E-state index >= 15 is 0 Å². The number of hydrogen-bond acceptors (Lipinski definition) is 3. The molecular weight excluding hydrogens is 356 g/mol. The summed E-state index contributed by atoms with van der Waals surface area (Å²) in [4.78, 5) is 28.2. The summed E-state index contributed by atoms with van der Waals surface area (Å²) in [5.41, 5.74) is 2.55. The van der Waals surface area contributed by atoms with E-state index in [1.807, 2.05) is 48.2 Å². The minimum atomic E-state index is -0.242. The van der Waals surface area contributed by atoms with Crippen LogP contribution in [0.1, 0.15) is 18.9 Å². The van der Waals surface area contributed by atoms with Crippen LogP contribution in [0.2, 0.25) is 0 Å². The number of urea groups is 2. The van der Waals surface area contributed by atoms with Gasteiger partial charge in [0.05, 0.1) is 7.11 Å². The number of hydrogen-bond donors (Lipinski definition) is 2. The fourth-order valence-corrected chi connectivity index (χ4v) is 3.22. The fraction of sp³-hybridized carbons (Fsp3) is 0.333. The van der Waals surface area contributed by atoms with E-state index in [0.717, 1.165) is 30.0 Å². The van der Waals surface area contributed by atoms with Gasteiger partial charge in [-0.2, -0.15) is 0 Å². The maximum atomic E-state index is 13.0. The highest BCUT2D eigenvalue weighted by atomic mass is 16.5. The van der Waals surface area contributed by atoms with Crippen molar-refractivity contribution in [1.82, 2.24) is 10.2 Å². The molecule has 7 heteroatoms. The van der Waals surface area contributed by atoms with E-state index in [1.165, 1.54) is 0 Å². The third-order valence-electron chi connectivity index (χ3n) is 4.59. The zero-order valence-electron chi connectivity index (χ0n) is 16.3. The molecule has 28 heavy (non-hydrogen) atoms. The number of rotatable bonds is 6. The van der Waals surface area contributed by atoms with Crippen LogP contribution in [-0.4, -0.2) is 43.7 Å². The lowest BCUT2D eigenvalue weighted by Crippen LogP contribution is -2.49. The molecule has 1 saturated heterocycles. The van der Waals surface area contributed by atoms with Gasteiger partial charge in [0.15, 0.2) is 0 Å². The predicted octanol–water partition coefficient (Wildman–Crippen LogP) is 3.67. The molecule has 3 rings (SSSR count). The quantitative estimate of drug-likeness (QED) is 0.801. The van der Waals surface area contributed by atoms with Crippen LogP contribution in [0.5, 0.6) is 5.75 Å². The molecule has 1 heterocycles. The molecule has 148 valence electrons. The molecule has 0 unspecified atom stereocenters. The average molecular weight is 382 g/mol. The van der Waals surface area contributed by atoms with Crippen LogP contribution >= 0.6 is 0 Å². The minimum Gasteiger partial charge on any atom is -0.497 e. The monoisotopic (exact) mass is 382 g/mol. The van der Waals surface area contributed by atoms with E-state index < -0.39 is 0 Å². The Balaban J connectivity index is 1.67. The number of nitrogens with one attached hydrogen (secondary N) is 2. The molecule has 1 aliphatic rings. The molecule has 4 amide bonds. The molecule has 0 saturated carbocycles. The van der Waals surface area contributed by atoms with Gasteiger partial charge in [0.2, 0.25) is 0 Å². The van der Waals surface area contributed by atoms with Crippen LogP contribution in [0.15, 0.2) is 48.5 Å². The van der Waals surface area contributed by atoms with Crippen molar-refractivity contribution in [2.24, 2.45) is 0 Å². The smallest absolute Gasteiger partial charge is 0.324 e. The number of benzene rings is 2. The lowest BCUT2D eigenvalue weighted by Gasteiger charge is -2.35. The zero-order chi connectivity index (χ0) is 19.9. The number of carbonyl (C=O) groups is 2. The number of nitrogens with zero attached hydrogens (tertiary/aromatic N) is 2. The lowest BCUT2D eigenvalue weighted by molar-refractivity contribution is 0.192. The van der Waals surface area contributed by atoms with E-state index in [4.69, 9.17) is 4.74 Å².